The maximum Gasteiger partial charge on any atom is 0.0291 e. The van der Waals surface area contributed by atoms with E-state index in [9.17, 15) is 0 Å². The van der Waals surface area contributed by atoms with Gasteiger partial charge in [-0.15, -0.1) is 0 Å². The van der Waals surface area contributed by atoms with Crippen molar-refractivity contribution in [1.29, 1.82) is 0 Å². The van der Waals surface area contributed by atoms with E-state index in [1.165, 1.54) is 0 Å². The summed E-state index contributed by atoms with van der Waals surface area (Å²) in [6, 6.07) is 0. The fraction of sp³-hybridized carbons (Fsp3) is 0.250. The number of nitrogens with zero attached hydrogens (tertiary/aromatic N) is 1. The predicted octanol–water partition coefficient (Wildman–Crippen LogP) is 0.282. The van der Waals surface area contributed by atoms with Crippen LogP contribution in [0.4, 0.5) is 0 Å². The topological polar surface area (TPSA) is 24.4 Å². The third-order valence-electron chi connectivity index (χ3n) is 0.542. The van der Waals surface area contributed by atoms with E-state index in [4.69, 9.17) is 0 Å². The first-order valence-corrected chi connectivity index (χ1v) is 1.82. The van der Waals surface area contributed by atoms with Gasteiger partial charge in [0.1, 0.15) is 0 Å². The van der Waals surface area contributed by atoms with Crippen molar-refractivity contribution in [3.8, 4) is 0 Å². The van der Waals surface area contributed by atoms with E-state index in [0.717, 1.165) is 6.42 Å². The second-order valence-electron chi connectivity index (χ2n) is 0.993. The number of hydrogen-bond donors (Lipinski definition) is 1. The van der Waals surface area contributed by atoms with Gasteiger partial charge in [-0.05, 0) is 6.08 Å². The normalized spacial score (nSPS) is 17.3. The van der Waals surface area contributed by atoms with Gasteiger partial charge in [-0.1, -0.05) is 0 Å². The Morgan fingerprint density at radius 2 is 2.83 bits per heavy atom. The van der Waals surface area contributed by atoms with Crippen LogP contribution < -0.4 is 5.43 Å². The third kappa shape index (κ3) is 0.578. The lowest BCUT2D eigenvalue weighted by Gasteiger charge is -1.90. The zero-order valence-corrected chi connectivity index (χ0v) is 3.31. The smallest absolute Gasteiger partial charge is 0.0291 e. The van der Waals surface area contributed by atoms with E-state index in [-0.39, 0.29) is 0 Å². The molecule has 0 aromatic rings. The van der Waals surface area contributed by atoms with Crippen molar-refractivity contribution in [2.45, 2.75) is 6.42 Å². The molecule has 1 aliphatic heterocycles. The minimum absolute atomic E-state index is 0.840. The third-order valence-corrected chi connectivity index (χ3v) is 0.542. The van der Waals surface area contributed by atoms with Crippen molar-refractivity contribution in [3.05, 3.63) is 12.3 Å². The summed E-state index contributed by atoms with van der Waals surface area (Å²) in [7, 11) is 0. The average Bonchev–Trinajstić information content (AvgIpc) is 1.72. The van der Waals surface area contributed by atoms with Gasteiger partial charge in [0.15, 0.2) is 0 Å². The summed E-state index contributed by atoms with van der Waals surface area (Å²) < 4.78 is 0. The quantitative estimate of drug-likeness (QED) is 0.445. The molecule has 2 heteroatoms. The Hall–Kier alpha value is -0.790. The summed E-state index contributed by atoms with van der Waals surface area (Å²) in [6.07, 6.45) is 7.20. The largest absolute Gasteiger partial charge is 0.286 e. The van der Waals surface area contributed by atoms with Gasteiger partial charge in [0.2, 0.25) is 0 Å². The number of nitrogens with one attached hydrogen (secondary N) is 1. The van der Waals surface area contributed by atoms with Crippen LogP contribution in [0.2, 0.25) is 0 Å². The summed E-state index contributed by atoms with van der Waals surface area (Å²) in [5.74, 6) is 0. The number of hydrazone groups is 1. The van der Waals surface area contributed by atoms with Crippen molar-refractivity contribution in [1.82, 2.24) is 5.43 Å². The lowest BCUT2D eigenvalue weighted by atomic mass is 10.4. The maximum atomic E-state index is 3.68. The van der Waals surface area contributed by atoms with Crippen LogP contribution in [0, 0.1) is 6.08 Å². The van der Waals surface area contributed by atoms with E-state index < -0.39 is 0 Å². The standard InChI is InChI=1S/C4H5N2/c1-2-4-6-5-3-1/h3-4,6H,1H2. The SMILES string of the molecule is [C]1=CNN=CC1. The molecule has 0 saturated carbocycles. The second kappa shape index (κ2) is 1.60. The Bertz CT molecular complexity index is 63.5. The molecular weight excluding hydrogens is 76.1 g/mol. The Kier molecular flexibility index (Phi) is 0.906. The monoisotopic (exact) mass is 81.0 g/mol. The molecule has 1 aliphatic rings. The fourth-order valence-corrected chi connectivity index (χ4v) is 0.293. The van der Waals surface area contributed by atoms with E-state index in [1.54, 1.807) is 12.4 Å². The van der Waals surface area contributed by atoms with E-state index in [2.05, 4.69) is 16.6 Å². The summed E-state index contributed by atoms with van der Waals surface area (Å²) in [4.78, 5) is 0. The zero-order valence-electron chi connectivity index (χ0n) is 3.31. The molecule has 2 nitrogen and oxygen atoms in total. The number of hydrogen-bond acceptors (Lipinski definition) is 2. The van der Waals surface area contributed by atoms with Crippen molar-refractivity contribution >= 4 is 6.21 Å². The number of rotatable bonds is 0. The van der Waals surface area contributed by atoms with Crippen LogP contribution in [-0.4, -0.2) is 6.21 Å². The van der Waals surface area contributed by atoms with Gasteiger partial charge in [0, 0.05) is 18.8 Å². The lowest BCUT2D eigenvalue weighted by molar-refractivity contribution is 0.938. The highest BCUT2D eigenvalue weighted by Gasteiger charge is 1.75. The van der Waals surface area contributed by atoms with Crippen LogP contribution in [0.15, 0.2) is 11.3 Å². The van der Waals surface area contributed by atoms with E-state index in [1.807, 2.05) is 0 Å². The highest BCUT2D eigenvalue weighted by atomic mass is 15.3. The minimum Gasteiger partial charge on any atom is -0.286 e. The fourth-order valence-electron chi connectivity index (χ4n) is 0.293. The molecule has 6 heavy (non-hydrogen) atoms. The Morgan fingerprint density at radius 3 is 3.00 bits per heavy atom. The predicted molar refractivity (Wildman–Crippen MR) is 24.1 cm³/mol. The van der Waals surface area contributed by atoms with Gasteiger partial charge < -0.3 is 0 Å². The van der Waals surface area contributed by atoms with Crippen LogP contribution in [-0.2, 0) is 0 Å². The second-order valence-corrected chi connectivity index (χ2v) is 0.993. The average molecular weight is 81.1 g/mol. The first kappa shape index (κ1) is 3.40. The molecule has 0 aliphatic carbocycles. The summed E-state index contributed by atoms with van der Waals surface area (Å²) in [5, 5.41) is 3.68. The van der Waals surface area contributed by atoms with Crippen molar-refractivity contribution in [2.24, 2.45) is 5.10 Å². The van der Waals surface area contributed by atoms with Crippen LogP contribution >= 0.6 is 0 Å². The van der Waals surface area contributed by atoms with E-state index in [0.29, 0.717) is 0 Å². The van der Waals surface area contributed by atoms with Gasteiger partial charge in [-0.3, -0.25) is 5.43 Å². The molecule has 31 valence electrons. The summed E-state index contributed by atoms with van der Waals surface area (Å²) >= 11 is 0. The molecule has 1 N–H and O–H groups in total. The molecule has 1 rings (SSSR count). The molecule has 1 heterocycles. The molecule has 0 spiro atoms. The van der Waals surface area contributed by atoms with Gasteiger partial charge in [0.05, 0.1) is 0 Å². The molecule has 0 bridgehead atoms. The van der Waals surface area contributed by atoms with Crippen LogP contribution in [0.3, 0.4) is 0 Å². The molecule has 0 aromatic heterocycles. The van der Waals surface area contributed by atoms with Crippen molar-refractivity contribution < 1.29 is 0 Å². The highest BCUT2D eigenvalue weighted by molar-refractivity contribution is 5.58. The number of allylic oxidation sites excluding steroid dienone is 1. The van der Waals surface area contributed by atoms with Crippen LogP contribution in [0.1, 0.15) is 6.42 Å². The molecular formula is C4H5N2. The van der Waals surface area contributed by atoms with Gasteiger partial charge in [-0.2, -0.15) is 5.10 Å². The molecule has 0 fully saturated rings. The summed E-state index contributed by atoms with van der Waals surface area (Å²) in [5.41, 5.74) is 2.62. The Morgan fingerprint density at radius 1 is 1.83 bits per heavy atom. The zero-order chi connectivity index (χ0) is 4.24. The van der Waals surface area contributed by atoms with Gasteiger partial charge >= 0.3 is 0 Å². The first-order valence-electron chi connectivity index (χ1n) is 1.82. The molecule has 0 unspecified atom stereocenters. The van der Waals surface area contributed by atoms with Crippen molar-refractivity contribution in [3.63, 3.8) is 0 Å². The Balaban J connectivity index is 2.40. The molecule has 0 atom stereocenters. The summed E-state index contributed by atoms with van der Waals surface area (Å²) in [6.45, 7) is 0. The Labute approximate surface area is 36.6 Å². The molecule has 1 radical (unpaired) electrons. The van der Waals surface area contributed by atoms with Gasteiger partial charge in [0.25, 0.3) is 0 Å². The molecule has 0 saturated heterocycles. The lowest BCUT2D eigenvalue weighted by Crippen LogP contribution is -1.97. The molecule has 0 amide bonds. The minimum atomic E-state index is 0.840. The molecule has 0 aromatic carbocycles. The van der Waals surface area contributed by atoms with Crippen LogP contribution in [0.5, 0.6) is 0 Å². The highest BCUT2D eigenvalue weighted by Crippen LogP contribution is 1.78. The van der Waals surface area contributed by atoms with Crippen molar-refractivity contribution in [2.75, 3.05) is 0 Å². The maximum absolute atomic E-state index is 3.68. The van der Waals surface area contributed by atoms with Gasteiger partial charge in [-0.25, -0.2) is 0 Å². The first-order chi connectivity index (χ1) is 3.00. The van der Waals surface area contributed by atoms with E-state index >= 15 is 0 Å². The van der Waals surface area contributed by atoms with Crippen LogP contribution in [0.25, 0.3) is 0 Å².